The maximum absolute atomic E-state index is 10.4. The first-order valence-electron chi connectivity index (χ1n) is 7.11. The fourth-order valence-corrected chi connectivity index (χ4v) is 4.06. The summed E-state index contributed by atoms with van der Waals surface area (Å²) in [7, 11) is 0. The van der Waals surface area contributed by atoms with Crippen LogP contribution in [0.3, 0.4) is 0 Å². The van der Waals surface area contributed by atoms with Crippen LogP contribution in [0.4, 0.5) is 0 Å². The van der Waals surface area contributed by atoms with Crippen molar-refractivity contribution in [1.29, 1.82) is 0 Å². The van der Waals surface area contributed by atoms with Gasteiger partial charge in [0.1, 0.15) is 0 Å². The number of aliphatic hydroxyl groups is 1. The van der Waals surface area contributed by atoms with Crippen molar-refractivity contribution in [3.8, 4) is 0 Å². The molecule has 3 rings (SSSR count). The van der Waals surface area contributed by atoms with Crippen LogP contribution in [0.2, 0.25) is 0 Å². The van der Waals surface area contributed by atoms with Gasteiger partial charge >= 0.3 is 0 Å². The predicted octanol–water partition coefficient (Wildman–Crippen LogP) is 2.47. The average molecular weight is 240 g/mol. The second kappa shape index (κ2) is 4.22. The fraction of sp³-hybridized carbons (Fsp3) is 1.00. The Morgan fingerprint density at radius 2 is 1.76 bits per heavy atom. The van der Waals surface area contributed by atoms with Crippen molar-refractivity contribution in [3.05, 3.63) is 0 Å². The smallest absolute Gasteiger partial charge is 0.168 e. The number of fused-ring (bicyclic) bond motifs is 1. The van der Waals surface area contributed by atoms with Crippen molar-refractivity contribution >= 4 is 0 Å². The van der Waals surface area contributed by atoms with Gasteiger partial charge in [-0.05, 0) is 30.6 Å². The molecule has 2 saturated carbocycles. The first-order valence-corrected chi connectivity index (χ1v) is 7.11. The van der Waals surface area contributed by atoms with Crippen molar-refractivity contribution in [2.75, 3.05) is 13.2 Å². The summed E-state index contributed by atoms with van der Waals surface area (Å²) < 4.78 is 11.7. The zero-order valence-electron chi connectivity index (χ0n) is 10.8. The van der Waals surface area contributed by atoms with Crippen LogP contribution in [0.5, 0.6) is 0 Å². The Bertz CT molecular complexity index is 285. The molecule has 17 heavy (non-hydrogen) atoms. The van der Waals surface area contributed by atoms with Crippen molar-refractivity contribution in [1.82, 2.24) is 0 Å². The maximum Gasteiger partial charge on any atom is 0.168 e. The van der Waals surface area contributed by atoms with E-state index in [1.54, 1.807) is 0 Å². The van der Waals surface area contributed by atoms with E-state index in [0.717, 1.165) is 38.9 Å². The number of ether oxygens (including phenoxy) is 2. The lowest BCUT2D eigenvalue weighted by molar-refractivity contribution is -0.216. The lowest BCUT2D eigenvalue weighted by atomic mass is 9.62. The molecule has 3 atom stereocenters. The van der Waals surface area contributed by atoms with E-state index in [0.29, 0.717) is 5.92 Å². The van der Waals surface area contributed by atoms with Crippen molar-refractivity contribution in [2.45, 2.75) is 63.8 Å². The molecule has 2 aliphatic carbocycles. The standard InChI is InChI=1S/C14H24O3/c1-13-6-7-14(16-8-9-17-14)10-11(13)4-2-3-5-12(13)15/h11-12,15H,2-10H2,1H3/t11-,12-,13+/m1/s1. The molecule has 1 N–H and O–H groups in total. The molecule has 1 spiro atoms. The highest BCUT2D eigenvalue weighted by molar-refractivity contribution is 4.99. The van der Waals surface area contributed by atoms with Crippen LogP contribution in [0.25, 0.3) is 0 Å². The average Bonchev–Trinajstić information content (AvgIpc) is 2.72. The topological polar surface area (TPSA) is 38.7 Å². The molecule has 0 aromatic rings. The Labute approximate surface area is 103 Å². The monoisotopic (exact) mass is 240 g/mol. The van der Waals surface area contributed by atoms with Gasteiger partial charge in [0, 0.05) is 12.8 Å². The summed E-state index contributed by atoms with van der Waals surface area (Å²) in [5.41, 5.74) is 0.0943. The van der Waals surface area contributed by atoms with Gasteiger partial charge in [0.25, 0.3) is 0 Å². The third kappa shape index (κ3) is 1.92. The van der Waals surface area contributed by atoms with Crippen LogP contribution in [-0.4, -0.2) is 30.2 Å². The molecular weight excluding hydrogens is 216 g/mol. The van der Waals surface area contributed by atoms with Crippen molar-refractivity contribution < 1.29 is 14.6 Å². The van der Waals surface area contributed by atoms with Crippen molar-refractivity contribution in [2.24, 2.45) is 11.3 Å². The Kier molecular flexibility index (Phi) is 2.96. The maximum atomic E-state index is 10.4. The zero-order valence-corrected chi connectivity index (χ0v) is 10.8. The molecule has 1 aliphatic heterocycles. The summed E-state index contributed by atoms with van der Waals surface area (Å²) in [6.07, 6.45) is 7.46. The summed E-state index contributed by atoms with van der Waals surface area (Å²) >= 11 is 0. The lowest BCUT2D eigenvalue weighted by Gasteiger charge is -2.49. The second-order valence-electron chi connectivity index (χ2n) is 6.31. The molecule has 98 valence electrons. The Hall–Kier alpha value is -0.120. The van der Waals surface area contributed by atoms with E-state index in [9.17, 15) is 5.11 Å². The van der Waals surface area contributed by atoms with E-state index in [4.69, 9.17) is 9.47 Å². The van der Waals surface area contributed by atoms with Gasteiger partial charge in [-0.15, -0.1) is 0 Å². The van der Waals surface area contributed by atoms with Gasteiger partial charge in [0.15, 0.2) is 5.79 Å². The highest BCUT2D eigenvalue weighted by atomic mass is 16.7. The van der Waals surface area contributed by atoms with Crippen LogP contribution in [0.1, 0.15) is 51.9 Å². The molecule has 0 aromatic heterocycles. The summed E-state index contributed by atoms with van der Waals surface area (Å²) in [4.78, 5) is 0. The van der Waals surface area contributed by atoms with Gasteiger partial charge in [0.05, 0.1) is 19.3 Å². The minimum absolute atomic E-state index is 0.0943. The predicted molar refractivity (Wildman–Crippen MR) is 64.6 cm³/mol. The van der Waals surface area contributed by atoms with Gasteiger partial charge in [-0.2, -0.15) is 0 Å². The number of aliphatic hydroxyl groups excluding tert-OH is 1. The molecular formula is C14H24O3. The molecule has 0 radical (unpaired) electrons. The van der Waals surface area contributed by atoms with E-state index in [-0.39, 0.29) is 17.3 Å². The minimum atomic E-state index is -0.297. The van der Waals surface area contributed by atoms with E-state index >= 15 is 0 Å². The number of hydrogen-bond acceptors (Lipinski definition) is 3. The first kappa shape index (κ1) is 11.9. The zero-order chi connectivity index (χ0) is 11.9. The molecule has 0 amide bonds. The third-order valence-electron chi connectivity index (χ3n) is 5.39. The SMILES string of the molecule is C[C@]12CCC3(C[C@H]1CCCC[C@H]2O)OCCO3. The molecule has 1 saturated heterocycles. The number of hydrogen-bond donors (Lipinski definition) is 1. The van der Waals surface area contributed by atoms with Crippen LogP contribution in [0.15, 0.2) is 0 Å². The van der Waals surface area contributed by atoms with E-state index in [2.05, 4.69) is 6.92 Å². The van der Waals surface area contributed by atoms with Crippen LogP contribution in [0, 0.1) is 11.3 Å². The number of rotatable bonds is 0. The summed E-state index contributed by atoms with van der Waals surface area (Å²) in [6, 6.07) is 0. The van der Waals surface area contributed by atoms with Gasteiger partial charge in [0.2, 0.25) is 0 Å². The lowest BCUT2D eigenvalue weighted by Crippen LogP contribution is -2.49. The fourth-order valence-electron chi connectivity index (χ4n) is 4.06. The highest BCUT2D eigenvalue weighted by Gasteiger charge is 2.52. The summed E-state index contributed by atoms with van der Waals surface area (Å²) in [5.74, 6) is 0.265. The van der Waals surface area contributed by atoms with Gasteiger partial charge in [-0.3, -0.25) is 0 Å². The molecule has 0 aromatic carbocycles. The Morgan fingerprint density at radius 3 is 2.53 bits per heavy atom. The molecule has 0 bridgehead atoms. The third-order valence-corrected chi connectivity index (χ3v) is 5.39. The van der Waals surface area contributed by atoms with Crippen LogP contribution >= 0.6 is 0 Å². The van der Waals surface area contributed by atoms with E-state index in [1.165, 1.54) is 19.3 Å². The molecule has 0 unspecified atom stereocenters. The molecule has 3 nitrogen and oxygen atoms in total. The Morgan fingerprint density at radius 1 is 1.06 bits per heavy atom. The van der Waals surface area contributed by atoms with Crippen molar-refractivity contribution in [3.63, 3.8) is 0 Å². The quantitative estimate of drug-likeness (QED) is 0.707. The highest BCUT2D eigenvalue weighted by Crippen LogP contribution is 2.53. The van der Waals surface area contributed by atoms with E-state index in [1.807, 2.05) is 0 Å². The van der Waals surface area contributed by atoms with Gasteiger partial charge < -0.3 is 14.6 Å². The summed E-state index contributed by atoms with van der Waals surface area (Å²) in [6.45, 7) is 3.76. The molecule has 3 heteroatoms. The van der Waals surface area contributed by atoms with Crippen LogP contribution < -0.4 is 0 Å². The van der Waals surface area contributed by atoms with Crippen LogP contribution in [-0.2, 0) is 9.47 Å². The molecule has 3 fully saturated rings. The second-order valence-corrected chi connectivity index (χ2v) is 6.31. The normalized spacial score (nSPS) is 45.5. The first-order chi connectivity index (χ1) is 8.15. The molecule has 1 heterocycles. The Balaban J connectivity index is 1.81. The van der Waals surface area contributed by atoms with Gasteiger partial charge in [-0.1, -0.05) is 19.8 Å². The summed E-state index contributed by atoms with van der Waals surface area (Å²) in [5, 5.41) is 10.4. The largest absolute Gasteiger partial charge is 0.393 e. The minimum Gasteiger partial charge on any atom is -0.393 e. The van der Waals surface area contributed by atoms with Gasteiger partial charge in [-0.25, -0.2) is 0 Å². The van der Waals surface area contributed by atoms with E-state index < -0.39 is 0 Å². The molecule has 3 aliphatic rings.